The van der Waals surface area contributed by atoms with Gasteiger partial charge in [0.2, 0.25) is 0 Å². The summed E-state index contributed by atoms with van der Waals surface area (Å²) in [7, 11) is 0. The number of imidazole rings is 1. The summed E-state index contributed by atoms with van der Waals surface area (Å²) in [5.41, 5.74) is 10.1. The molecule has 1 aliphatic heterocycles. The summed E-state index contributed by atoms with van der Waals surface area (Å²) >= 11 is 6.08. The lowest BCUT2D eigenvalue weighted by Gasteiger charge is -2.31. The summed E-state index contributed by atoms with van der Waals surface area (Å²) in [5, 5.41) is 1.66. The SMILES string of the molecule is Nc1ncnc2cc(CN3CCC(Cc4nc5ccc(Cl)cc5[nH]4)CC3)ccc12. The lowest BCUT2D eigenvalue weighted by Crippen LogP contribution is -2.34. The van der Waals surface area contributed by atoms with Crippen LogP contribution in [0.1, 0.15) is 24.2 Å². The molecule has 0 amide bonds. The number of halogens is 1. The van der Waals surface area contributed by atoms with E-state index in [1.165, 1.54) is 24.7 Å². The number of aromatic nitrogens is 4. The Hall–Kier alpha value is -2.70. The average Bonchev–Trinajstić information content (AvgIpc) is 3.11. The van der Waals surface area contributed by atoms with Crippen LogP contribution >= 0.6 is 11.6 Å². The van der Waals surface area contributed by atoms with Crippen LogP contribution in [0.2, 0.25) is 5.02 Å². The van der Waals surface area contributed by atoms with Gasteiger partial charge in [-0.2, -0.15) is 0 Å². The number of likely N-dealkylation sites (tertiary alicyclic amines) is 1. The van der Waals surface area contributed by atoms with E-state index in [1.54, 1.807) is 0 Å². The lowest BCUT2D eigenvalue weighted by molar-refractivity contribution is 0.176. The van der Waals surface area contributed by atoms with Gasteiger partial charge in [-0.05, 0) is 67.7 Å². The van der Waals surface area contributed by atoms with Gasteiger partial charge in [-0.15, -0.1) is 0 Å². The molecule has 1 saturated heterocycles. The number of nitrogens with zero attached hydrogens (tertiary/aromatic N) is 4. The highest BCUT2D eigenvalue weighted by Gasteiger charge is 2.21. The first-order valence-corrected chi connectivity index (χ1v) is 10.4. The third-order valence-electron chi connectivity index (χ3n) is 5.82. The molecule has 4 aromatic rings. The molecule has 1 aliphatic rings. The van der Waals surface area contributed by atoms with E-state index in [2.05, 4.69) is 32.0 Å². The normalized spacial score (nSPS) is 16.0. The third kappa shape index (κ3) is 3.91. The highest BCUT2D eigenvalue weighted by Crippen LogP contribution is 2.25. The van der Waals surface area contributed by atoms with Crippen molar-refractivity contribution < 1.29 is 0 Å². The number of hydrogen-bond acceptors (Lipinski definition) is 5. The number of fused-ring (bicyclic) bond motifs is 2. The van der Waals surface area contributed by atoms with Crippen molar-refractivity contribution >= 4 is 39.4 Å². The van der Waals surface area contributed by atoms with Gasteiger partial charge in [-0.1, -0.05) is 17.7 Å². The maximum atomic E-state index is 6.08. The van der Waals surface area contributed by atoms with E-state index in [0.717, 1.165) is 58.8 Å². The van der Waals surface area contributed by atoms with Crippen LogP contribution in [0.3, 0.4) is 0 Å². The Bertz CT molecular complexity index is 1160. The number of H-pyrrole nitrogens is 1. The quantitative estimate of drug-likeness (QED) is 0.530. The molecule has 29 heavy (non-hydrogen) atoms. The number of piperidine rings is 1. The largest absolute Gasteiger partial charge is 0.383 e. The van der Waals surface area contributed by atoms with Crippen LogP contribution in [0, 0.1) is 5.92 Å². The second-order valence-corrected chi connectivity index (χ2v) is 8.32. The number of benzene rings is 2. The molecule has 0 bridgehead atoms. The van der Waals surface area contributed by atoms with Crippen molar-refractivity contribution in [2.75, 3.05) is 18.8 Å². The van der Waals surface area contributed by atoms with E-state index in [0.29, 0.717) is 11.7 Å². The molecule has 0 saturated carbocycles. The van der Waals surface area contributed by atoms with Crippen LogP contribution in [0.5, 0.6) is 0 Å². The fraction of sp³-hybridized carbons (Fsp3) is 0.318. The Kier molecular flexibility index (Phi) is 4.81. The van der Waals surface area contributed by atoms with Crippen LogP contribution in [-0.2, 0) is 13.0 Å². The van der Waals surface area contributed by atoms with E-state index in [9.17, 15) is 0 Å². The molecule has 3 heterocycles. The molecule has 6 nitrogen and oxygen atoms in total. The zero-order valence-corrected chi connectivity index (χ0v) is 16.9. The van der Waals surface area contributed by atoms with E-state index >= 15 is 0 Å². The topological polar surface area (TPSA) is 83.7 Å². The van der Waals surface area contributed by atoms with E-state index in [1.807, 2.05) is 24.3 Å². The molecule has 3 N–H and O–H groups in total. The average molecular weight is 407 g/mol. The zero-order valence-electron chi connectivity index (χ0n) is 16.1. The summed E-state index contributed by atoms with van der Waals surface area (Å²) in [5.74, 6) is 2.26. The van der Waals surface area contributed by atoms with Gasteiger partial charge in [0.1, 0.15) is 18.0 Å². The summed E-state index contributed by atoms with van der Waals surface area (Å²) in [4.78, 5) is 19.1. The van der Waals surface area contributed by atoms with E-state index in [-0.39, 0.29) is 0 Å². The van der Waals surface area contributed by atoms with E-state index in [4.69, 9.17) is 22.3 Å². The molecule has 7 heteroatoms. The van der Waals surface area contributed by atoms with Crippen molar-refractivity contribution in [2.45, 2.75) is 25.8 Å². The summed E-state index contributed by atoms with van der Waals surface area (Å²) in [6.07, 6.45) is 4.88. The molecule has 0 unspecified atom stereocenters. The Labute approximate surface area is 174 Å². The summed E-state index contributed by atoms with van der Waals surface area (Å²) < 4.78 is 0. The molecular weight excluding hydrogens is 384 g/mol. The second kappa shape index (κ2) is 7.61. The molecule has 1 fully saturated rings. The summed E-state index contributed by atoms with van der Waals surface area (Å²) in [6, 6.07) is 12.1. The molecule has 0 aliphatic carbocycles. The number of nitrogen functional groups attached to an aromatic ring is 1. The highest BCUT2D eigenvalue weighted by atomic mass is 35.5. The fourth-order valence-electron chi connectivity index (χ4n) is 4.23. The van der Waals surface area contributed by atoms with Gasteiger partial charge in [-0.25, -0.2) is 15.0 Å². The second-order valence-electron chi connectivity index (χ2n) is 7.88. The van der Waals surface area contributed by atoms with Gasteiger partial charge in [0.05, 0.1) is 16.6 Å². The first-order valence-electron chi connectivity index (χ1n) is 10.00. The minimum absolute atomic E-state index is 0.537. The first kappa shape index (κ1) is 18.3. The maximum Gasteiger partial charge on any atom is 0.134 e. The van der Waals surface area contributed by atoms with Crippen LogP contribution < -0.4 is 5.73 Å². The van der Waals surface area contributed by atoms with Crippen molar-refractivity contribution in [1.29, 1.82) is 0 Å². The Morgan fingerprint density at radius 2 is 1.93 bits per heavy atom. The lowest BCUT2D eigenvalue weighted by atomic mass is 9.93. The molecule has 0 radical (unpaired) electrons. The van der Waals surface area contributed by atoms with Crippen LogP contribution in [0.15, 0.2) is 42.7 Å². The van der Waals surface area contributed by atoms with Crippen molar-refractivity contribution in [3.8, 4) is 0 Å². The standard InChI is InChI=1S/C22H23ClN6/c23-16-2-4-18-20(11-16)28-21(27-18)10-14-5-7-29(8-6-14)12-15-1-3-17-19(9-15)25-13-26-22(17)24/h1-4,9,11,13-14H,5-8,10,12H2,(H,27,28)(H2,24,25,26). The van der Waals surface area contributed by atoms with Crippen molar-refractivity contribution in [2.24, 2.45) is 5.92 Å². The van der Waals surface area contributed by atoms with Gasteiger partial charge in [0.15, 0.2) is 0 Å². The number of nitrogens with one attached hydrogen (secondary N) is 1. The first-order chi connectivity index (χ1) is 14.1. The molecular formula is C22H23ClN6. The van der Waals surface area contributed by atoms with Gasteiger partial charge >= 0.3 is 0 Å². The minimum atomic E-state index is 0.537. The Morgan fingerprint density at radius 3 is 2.79 bits per heavy atom. The van der Waals surface area contributed by atoms with Gasteiger partial charge in [0.25, 0.3) is 0 Å². The highest BCUT2D eigenvalue weighted by molar-refractivity contribution is 6.31. The summed E-state index contributed by atoms with van der Waals surface area (Å²) in [6.45, 7) is 3.14. The van der Waals surface area contributed by atoms with Crippen molar-refractivity contribution in [3.63, 3.8) is 0 Å². The third-order valence-corrected chi connectivity index (χ3v) is 6.06. The molecule has 148 valence electrons. The van der Waals surface area contributed by atoms with Crippen LogP contribution in [-0.4, -0.2) is 37.9 Å². The molecule has 5 rings (SSSR count). The van der Waals surface area contributed by atoms with Gasteiger partial charge in [-0.3, -0.25) is 4.90 Å². The zero-order chi connectivity index (χ0) is 19.8. The van der Waals surface area contributed by atoms with Crippen molar-refractivity contribution in [1.82, 2.24) is 24.8 Å². The number of rotatable bonds is 4. The van der Waals surface area contributed by atoms with Gasteiger partial charge < -0.3 is 10.7 Å². The van der Waals surface area contributed by atoms with Crippen LogP contribution in [0.25, 0.3) is 21.9 Å². The molecule has 2 aromatic carbocycles. The minimum Gasteiger partial charge on any atom is -0.383 e. The van der Waals surface area contributed by atoms with E-state index < -0.39 is 0 Å². The predicted octanol–water partition coefficient (Wildman–Crippen LogP) is 4.20. The van der Waals surface area contributed by atoms with Gasteiger partial charge in [0, 0.05) is 23.4 Å². The Morgan fingerprint density at radius 1 is 1.07 bits per heavy atom. The smallest absolute Gasteiger partial charge is 0.134 e. The van der Waals surface area contributed by atoms with Crippen LogP contribution in [0.4, 0.5) is 5.82 Å². The predicted molar refractivity (Wildman–Crippen MR) is 117 cm³/mol. The maximum absolute atomic E-state index is 6.08. The number of nitrogens with two attached hydrogens (primary N) is 1. The number of hydrogen-bond donors (Lipinski definition) is 2. The Balaban J connectivity index is 1.20. The molecule has 2 aromatic heterocycles. The van der Waals surface area contributed by atoms with Crippen molar-refractivity contribution in [3.05, 3.63) is 59.1 Å². The number of aromatic amines is 1. The molecule has 0 atom stereocenters. The number of anilines is 1. The fourth-order valence-corrected chi connectivity index (χ4v) is 4.41. The monoisotopic (exact) mass is 406 g/mol. The molecule has 0 spiro atoms.